The van der Waals surface area contributed by atoms with Crippen molar-refractivity contribution in [2.75, 3.05) is 5.73 Å². The first-order valence-electron chi connectivity index (χ1n) is 5.36. The standard InChI is InChI=1S/C12H8F3N3O2/c13-12(14,15)8-3-1-2-7(4-8)10-5-9(18(19)20)6-17-11(10)16/h1-6H,(H2,16,17). The van der Waals surface area contributed by atoms with Crippen LogP contribution in [0.5, 0.6) is 0 Å². The summed E-state index contributed by atoms with van der Waals surface area (Å²) in [6, 6.07) is 5.46. The highest BCUT2D eigenvalue weighted by Gasteiger charge is 2.30. The van der Waals surface area contributed by atoms with Gasteiger partial charge in [-0.2, -0.15) is 13.2 Å². The Morgan fingerprint density at radius 2 is 1.95 bits per heavy atom. The molecule has 0 atom stereocenters. The normalized spacial score (nSPS) is 11.3. The number of rotatable bonds is 2. The summed E-state index contributed by atoms with van der Waals surface area (Å²) in [5, 5.41) is 10.7. The van der Waals surface area contributed by atoms with Gasteiger partial charge in [-0.25, -0.2) is 4.98 Å². The number of nitrogens with two attached hydrogens (primary N) is 1. The van der Waals surface area contributed by atoms with E-state index in [1.807, 2.05) is 0 Å². The van der Waals surface area contributed by atoms with Crippen molar-refractivity contribution in [3.8, 4) is 11.1 Å². The number of nitrogen functional groups attached to an aromatic ring is 1. The van der Waals surface area contributed by atoms with Gasteiger partial charge in [0.1, 0.15) is 12.0 Å². The van der Waals surface area contributed by atoms with Gasteiger partial charge in [-0.3, -0.25) is 10.1 Å². The topological polar surface area (TPSA) is 82.0 Å². The number of nitro groups is 1. The average Bonchev–Trinajstić information content (AvgIpc) is 2.38. The molecule has 1 heterocycles. The molecule has 0 aliphatic carbocycles. The lowest BCUT2D eigenvalue weighted by molar-refractivity contribution is -0.385. The van der Waals surface area contributed by atoms with Crippen LogP contribution in [0.2, 0.25) is 0 Å². The van der Waals surface area contributed by atoms with Crippen molar-refractivity contribution >= 4 is 11.5 Å². The lowest BCUT2D eigenvalue weighted by Crippen LogP contribution is -2.05. The summed E-state index contributed by atoms with van der Waals surface area (Å²) in [6.45, 7) is 0. The number of halogens is 3. The van der Waals surface area contributed by atoms with Crippen molar-refractivity contribution < 1.29 is 18.1 Å². The van der Waals surface area contributed by atoms with Crippen LogP contribution in [0.15, 0.2) is 36.5 Å². The van der Waals surface area contributed by atoms with Crippen LogP contribution in [0.25, 0.3) is 11.1 Å². The summed E-state index contributed by atoms with van der Waals surface area (Å²) in [5.41, 5.74) is 4.57. The van der Waals surface area contributed by atoms with Crippen LogP contribution in [0.1, 0.15) is 5.56 Å². The van der Waals surface area contributed by atoms with E-state index < -0.39 is 16.7 Å². The lowest BCUT2D eigenvalue weighted by Gasteiger charge is -2.09. The number of aromatic nitrogens is 1. The molecule has 0 fully saturated rings. The molecule has 104 valence electrons. The first kappa shape index (κ1) is 13.8. The minimum Gasteiger partial charge on any atom is -0.383 e. The first-order valence-corrected chi connectivity index (χ1v) is 5.36. The third-order valence-corrected chi connectivity index (χ3v) is 2.62. The Hall–Kier alpha value is -2.64. The molecule has 0 radical (unpaired) electrons. The van der Waals surface area contributed by atoms with Crippen LogP contribution in [0.4, 0.5) is 24.7 Å². The number of hydrogen-bond donors (Lipinski definition) is 1. The van der Waals surface area contributed by atoms with Gasteiger partial charge in [0, 0.05) is 11.6 Å². The number of alkyl halides is 3. The highest BCUT2D eigenvalue weighted by atomic mass is 19.4. The lowest BCUT2D eigenvalue weighted by atomic mass is 10.0. The Labute approximate surface area is 111 Å². The monoisotopic (exact) mass is 283 g/mol. The fourth-order valence-corrected chi connectivity index (χ4v) is 1.66. The molecule has 0 aliphatic heterocycles. The number of hydrogen-bond acceptors (Lipinski definition) is 4. The van der Waals surface area contributed by atoms with Crippen LogP contribution in [0, 0.1) is 10.1 Å². The molecule has 0 saturated heterocycles. The Bertz CT molecular complexity index is 671. The molecule has 1 aromatic heterocycles. The van der Waals surface area contributed by atoms with Gasteiger partial charge in [0.05, 0.1) is 10.5 Å². The Kier molecular flexibility index (Phi) is 3.31. The zero-order chi connectivity index (χ0) is 14.9. The first-order chi connectivity index (χ1) is 9.29. The second-order valence-corrected chi connectivity index (χ2v) is 3.96. The van der Waals surface area contributed by atoms with Crippen molar-refractivity contribution in [1.82, 2.24) is 4.98 Å². The van der Waals surface area contributed by atoms with Crippen LogP contribution < -0.4 is 5.73 Å². The Balaban J connectivity index is 2.57. The zero-order valence-electron chi connectivity index (χ0n) is 9.89. The minimum absolute atomic E-state index is 0.0741. The van der Waals surface area contributed by atoms with E-state index >= 15 is 0 Å². The number of anilines is 1. The fourth-order valence-electron chi connectivity index (χ4n) is 1.66. The molecule has 0 bridgehead atoms. The molecular weight excluding hydrogens is 275 g/mol. The molecule has 0 aliphatic rings. The maximum absolute atomic E-state index is 12.6. The summed E-state index contributed by atoms with van der Waals surface area (Å²) in [4.78, 5) is 13.6. The summed E-state index contributed by atoms with van der Waals surface area (Å²) in [7, 11) is 0. The van der Waals surface area contributed by atoms with E-state index in [9.17, 15) is 23.3 Å². The highest BCUT2D eigenvalue weighted by Crippen LogP contribution is 2.34. The van der Waals surface area contributed by atoms with Crippen LogP contribution in [0.3, 0.4) is 0 Å². The second-order valence-electron chi connectivity index (χ2n) is 3.96. The zero-order valence-corrected chi connectivity index (χ0v) is 9.89. The molecule has 2 aromatic rings. The Morgan fingerprint density at radius 3 is 2.55 bits per heavy atom. The van der Waals surface area contributed by atoms with Crippen molar-refractivity contribution in [3.63, 3.8) is 0 Å². The third kappa shape index (κ3) is 2.68. The van der Waals surface area contributed by atoms with E-state index in [-0.39, 0.29) is 22.6 Å². The Morgan fingerprint density at radius 1 is 1.25 bits per heavy atom. The maximum Gasteiger partial charge on any atom is 0.416 e. The van der Waals surface area contributed by atoms with Crippen LogP contribution >= 0.6 is 0 Å². The number of pyridine rings is 1. The van der Waals surface area contributed by atoms with Crippen molar-refractivity contribution in [3.05, 3.63) is 52.2 Å². The molecule has 2 N–H and O–H groups in total. The second kappa shape index (κ2) is 4.80. The number of nitrogens with zero attached hydrogens (tertiary/aromatic N) is 2. The molecule has 20 heavy (non-hydrogen) atoms. The van der Waals surface area contributed by atoms with E-state index in [0.29, 0.717) is 0 Å². The van der Waals surface area contributed by atoms with Gasteiger partial charge in [0.2, 0.25) is 0 Å². The summed E-state index contributed by atoms with van der Waals surface area (Å²) in [5.74, 6) is -0.0741. The van der Waals surface area contributed by atoms with Gasteiger partial charge in [-0.1, -0.05) is 12.1 Å². The molecule has 0 amide bonds. The van der Waals surface area contributed by atoms with Gasteiger partial charge in [-0.15, -0.1) is 0 Å². The van der Waals surface area contributed by atoms with Gasteiger partial charge in [-0.05, 0) is 17.7 Å². The smallest absolute Gasteiger partial charge is 0.383 e. The van der Waals surface area contributed by atoms with E-state index in [0.717, 1.165) is 24.4 Å². The van der Waals surface area contributed by atoms with Gasteiger partial charge in [0.25, 0.3) is 5.69 Å². The molecule has 0 saturated carbocycles. The number of benzene rings is 1. The summed E-state index contributed by atoms with van der Waals surface area (Å²) < 4.78 is 37.9. The van der Waals surface area contributed by atoms with Crippen LogP contribution in [-0.4, -0.2) is 9.91 Å². The van der Waals surface area contributed by atoms with Crippen molar-refractivity contribution in [2.24, 2.45) is 0 Å². The molecule has 8 heteroatoms. The van der Waals surface area contributed by atoms with Crippen molar-refractivity contribution in [2.45, 2.75) is 6.18 Å². The molecule has 2 rings (SSSR count). The van der Waals surface area contributed by atoms with Gasteiger partial charge in [0.15, 0.2) is 0 Å². The van der Waals surface area contributed by atoms with Gasteiger partial charge < -0.3 is 5.73 Å². The molecular formula is C12H8F3N3O2. The SMILES string of the molecule is Nc1ncc([N+](=O)[O-])cc1-c1cccc(C(F)(F)F)c1. The predicted octanol–water partition coefficient (Wildman–Crippen LogP) is 3.26. The maximum atomic E-state index is 12.6. The quantitative estimate of drug-likeness (QED) is 0.677. The van der Waals surface area contributed by atoms with E-state index in [2.05, 4.69) is 4.98 Å². The molecule has 5 nitrogen and oxygen atoms in total. The van der Waals surface area contributed by atoms with Crippen LogP contribution in [-0.2, 0) is 6.18 Å². The molecule has 0 spiro atoms. The summed E-state index contributed by atoms with van der Waals surface area (Å²) in [6.07, 6.45) is -3.55. The van der Waals surface area contributed by atoms with Gasteiger partial charge >= 0.3 is 6.18 Å². The minimum atomic E-state index is -4.50. The predicted molar refractivity (Wildman–Crippen MR) is 65.7 cm³/mol. The fraction of sp³-hybridized carbons (Fsp3) is 0.0833. The third-order valence-electron chi connectivity index (χ3n) is 2.62. The van der Waals surface area contributed by atoms with E-state index in [1.54, 1.807) is 0 Å². The molecule has 0 unspecified atom stereocenters. The molecule has 1 aromatic carbocycles. The van der Waals surface area contributed by atoms with E-state index in [1.165, 1.54) is 12.1 Å². The average molecular weight is 283 g/mol. The summed E-state index contributed by atoms with van der Waals surface area (Å²) >= 11 is 0. The largest absolute Gasteiger partial charge is 0.416 e. The van der Waals surface area contributed by atoms with Crippen molar-refractivity contribution in [1.29, 1.82) is 0 Å². The van der Waals surface area contributed by atoms with E-state index in [4.69, 9.17) is 5.73 Å². The highest BCUT2D eigenvalue weighted by molar-refractivity contribution is 5.76.